The van der Waals surface area contributed by atoms with E-state index >= 15 is 0 Å². The standard InChI is InChI=1S/C14H19NO2/c16-14(17)8-10-15-9-4-7-13(15)11-12-5-2-1-3-6-12/h1-3,5-6,13H,4,7-11H2,(H,16,17). The largest absolute Gasteiger partial charge is 0.481 e. The zero-order valence-corrected chi connectivity index (χ0v) is 10.0. The Hall–Kier alpha value is -1.35. The van der Waals surface area contributed by atoms with Crippen molar-refractivity contribution in [2.24, 2.45) is 0 Å². The fourth-order valence-corrected chi connectivity index (χ4v) is 2.55. The first-order valence-electron chi connectivity index (χ1n) is 6.25. The van der Waals surface area contributed by atoms with E-state index in [-0.39, 0.29) is 6.42 Å². The normalized spacial score (nSPS) is 20.6. The van der Waals surface area contributed by atoms with Gasteiger partial charge < -0.3 is 5.11 Å². The number of aliphatic carboxylic acids is 1. The molecule has 1 unspecified atom stereocenters. The maximum atomic E-state index is 10.6. The van der Waals surface area contributed by atoms with Crippen LogP contribution in [-0.2, 0) is 11.2 Å². The maximum absolute atomic E-state index is 10.6. The summed E-state index contributed by atoms with van der Waals surface area (Å²) in [6, 6.07) is 11.0. The first-order chi connectivity index (χ1) is 8.25. The van der Waals surface area contributed by atoms with Crippen LogP contribution in [0.1, 0.15) is 24.8 Å². The lowest BCUT2D eigenvalue weighted by molar-refractivity contribution is -0.137. The molecule has 1 aliphatic heterocycles. The zero-order valence-electron chi connectivity index (χ0n) is 10.0. The van der Waals surface area contributed by atoms with Crippen molar-refractivity contribution in [2.45, 2.75) is 31.7 Å². The highest BCUT2D eigenvalue weighted by Gasteiger charge is 2.24. The molecule has 2 rings (SSSR count). The van der Waals surface area contributed by atoms with Gasteiger partial charge in [0.25, 0.3) is 0 Å². The Balaban J connectivity index is 1.89. The predicted molar refractivity (Wildman–Crippen MR) is 67.0 cm³/mol. The number of hydrogen-bond donors (Lipinski definition) is 1. The molecular weight excluding hydrogens is 214 g/mol. The molecule has 1 aliphatic rings. The fraction of sp³-hybridized carbons (Fsp3) is 0.500. The lowest BCUT2D eigenvalue weighted by Gasteiger charge is -2.23. The highest BCUT2D eigenvalue weighted by molar-refractivity contribution is 5.66. The van der Waals surface area contributed by atoms with Crippen molar-refractivity contribution in [3.05, 3.63) is 35.9 Å². The van der Waals surface area contributed by atoms with Gasteiger partial charge in [0.2, 0.25) is 0 Å². The van der Waals surface area contributed by atoms with Crippen LogP contribution in [0.4, 0.5) is 0 Å². The van der Waals surface area contributed by atoms with Crippen molar-refractivity contribution in [1.29, 1.82) is 0 Å². The summed E-state index contributed by atoms with van der Waals surface area (Å²) in [6.07, 6.45) is 3.68. The number of benzene rings is 1. The Bertz CT molecular complexity index is 364. The van der Waals surface area contributed by atoms with Crippen LogP contribution < -0.4 is 0 Å². The molecule has 1 aromatic rings. The van der Waals surface area contributed by atoms with Crippen molar-refractivity contribution in [1.82, 2.24) is 4.90 Å². The molecule has 1 saturated heterocycles. The van der Waals surface area contributed by atoms with Gasteiger partial charge in [0.15, 0.2) is 0 Å². The lowest BCUT2D eigenvalue weighted by atomic mass is 10.0. The van der Waals surface area contributed by atoms with Crippen LogP contribution >= 0.6 is 0 Å². The van der Waals surface area contributed by atoms with Gasteiger partial charge in [-0.1, -0.05) is 30.3 Å². The minimum Gasteiger partial charge on any atom is -0.481 e. The molecule has 17 heavy (non-hydrogen) atoms. The van der Waals surface area contributed by atoms with Crippen LogP contribution in [0.5, 0.6) is 0 Å². The molecule has 1 aromatic carbocycles. The highest BCUT2D eigenvalue weighted by Crippen LogP contribution is 2.21. The van der Waals surface area contributed by atoms with E-state index in [1.807, 2.05) is 6.07 Å². The summed E-state index contributed by atoms with van der Waals surface area (Å²) >= 11 is 0. The number of carbonyl (C=O) groups is 1. The molecule has 0 bridgehead atoms. The summed E-state index contributed by atoms with van der Waals surface area (Å²) in [4.78, 5) is 12.9. The van der Waals surface area contributed by atoms with Gasteiger partial charge in [0.05, 0.1) is 6.42 Å². The summed E-state index contributed by atoms with van der Waals surface area (Å²) in [7, 11) is 0. The Kier molecular flexibility index (Phi) is 4.15. The van der Waals surface area contributed by atoms with Gasteiger partial charge in [-0.25, -0.2) is 0 Å². The summed E-state index contributed by atoms with van der Waals surface area (Å²) in [5.41, 5.74) is 1.35. The van der Waals surface area contributed by atoms with Gasteiger partial charge in [-0.15, -0.1) is 0 Å². The molecule has 0 radical (unpaired) electrons. The first kappa shape index (κ1) is 12.1. The molecule has 0 saturated carbocycles. The van der Waals surface area contributed by atoms with Gasteiger partial charge in [-0.2, -0.15) is 0 Å². The minimum absolute atomic E-state index is 0.255. The first-order valence-corrected chi connectivity index (χ1v) is 6.25. The number of likely N-dealkylation sites (tertiary alicyclic amines) is 1. The van der Waals surface area contributed by atoms with Crippen molar-refractivity contribution in [2.75, 3.05) is 13.1 Å². The highest BCUT2D eigenvalue weighted by atomic mass is 16.4. The van der Waals surface area contributed by atoms with E-state index in [4.69, 9.17) is 5.11 Å². The van der Waals surface area contributed by atoms with Crippen LogP contribution in [0.3, 0.4) is 0 Å². The second kappa shape index (κ2) is 5.82. The predicted octanol–water partition coefficient (Wildman–Crippen LogP) is 2.17. The summed E-state index contributed by atoms with van der Waals surface area (Å²) < 4.78 is 0. The van der Waals surface area contributed by atoms with Crippen LogP contribution in [0, 0.1) is 0 Å². The van der Waals surface area contributed by atoms with Crippen molar-refractivity contribution in [3.63, 3.8) is 0 Å². The number of hydrogen-bond acceptors (Lipinski definition) is 2. The fourth-order valence-electron chi connectivity index (χ4n) is 2.55. The Morgan fingerprint density at radius 3 is 2.82 bits per heavy atom. The molecule has 3 heteroatoms. The van der Waals surface area contributed by atoms with Crippen LogP contribution in [0.2, 0.25) is 0 Å². The van der Waals surface area contributed by atoms with Gasteiger partial charge in [0.1, 0.15) is 0 Å². The van der Waals surface area contributed by atoms with E-state index < -0.39 is 5.97 Å². The topological polar surface area (TPSA) is 40.5 Å². The monoisotopic (exact) mass is 233 g/mol. The van der Waals surface area contributed by atoms with E-state index in [9.17, 15) is 4.79 Å². The van der Waals surface area contributed by atoms with Crippen molar-refractivity contribution >= 4 is 5.97 Å². The van der Waals surface area contributed by atoms with E-state index in [2.05, 4.69) is 29.2 Å². The molecule has 0 aromatic heterocycles. The summed E-state index contributed by atoms with van der Waals surface area (Å²) in [5.74, 6) is -0.699. The number of carboxylic acids is 1. The SMILES string of the molecule is O=C(O)CCN1CCCC1Cc1ccccc1. The van der Waals surface area contributed by atoms with Crippen LogP contribution in [0.15, 0.2) is 30.3 Å². The second-order valence-corrected chi connectivity index (χ2v) is 4.67. The molecule has 1 fully saturated rings. The Morgan fingerprint density at radius 2 is 2.12 bits per heavy atom. The Labute approximate surface area is 102 Å². The molecule has 1 N–H and O–H groups in total. The zero-order chi connectivity index (χ0) is 12.1. The smallest absolute Gasteiger partial charge is 0.304 e. The molecule has 0 spiro atoms. The molecular formula is C14H19NO2. The third kappa shape index (κ3) is 3.56. The van der Waals surface area contributed by atoms with E-state index in [0.29, 0.717) is 12.6 Å². The third-order valence-corrected chi connectivity index (χ3v) is 3.43. The summed E-state index contributed by atoms with van der Waals surface area (Å²) in [6.45, 7) is 1.73. The second-order valence-electron chi connectivity index (χ2n) is 4.67. The Morgan fingerprint density at radius 1 is 1.35 bits per heavy atom. The summed E-state index contributed by atoms with van der Waals surface area (Å²) in [5, 5.41) is 8.72. The minimum atomic E-state index is -0.699. The third-order valence-electron chi connectivity index (χ3n) is 3.43. The van der Waals surface area contributed by atoms with E-state index in [0.717, 1.165) is 13.0 Å². The molecule has 0 aliphatic carbocycles. The number of nitrogens with zero attached hydrogens (tertiary/aromatic N) is 1. The van der Waals surface area contributed by atoms with Crippen LogP contribution in [-0.4, -0.2) is 35.1 Å². The molecule has 1 atom stereocenters. The molecule has 1 heterocycles. The average molecular weight is 233 g/mol. The van der Waals surface area contributed by atoms with Gasteiger partial charge in [0, 0.05) is 12.6 Å². The average Bonchev–Trinajstić information content (AvgIpc) is 2.75. The van der Waals surface area contributed by atoms with E-state index in [1.54, 1.807) is 0 Å². The van der Waals surface area contributed by atoms with E-state index in [1.165, 1.54) is 18.4 Å². The van der Waals surface area contributed by atoms with Crippen LogP contribution in [0.25, 0.3) is 0 Å². The number of rotatable bonds is 5. The molecule has 3 nitrogen and oxygen atoms in total. The van der Waals surface area contributed by atoms with Gasteiger partial charge >= 0.3 is 5.97 Å². The molecule has 0 amide bonds. The number of carboxylic acid groups (broad SMARTS) is 1. The van der Waals surface area contributed by atoms with Crippen molar-refractivity contribution in [3.8, 4) is 0 Å². The van der Waals surface area contributed by atoms with Crippen molar-refractivity contribution < 1.29 is 9.90 Å². The van der Waals surface area contributed by atoms with Gasteiger partial charge in [-0.05, 0) is 31.4 Å². The van der Waals surface area contributed by atoms with Gasteiger partial charge in [-0.3, -0.25) is 9.69 Å². The molecule has 92 valence electrons. The maximum Gasteiger partial charge on any atom is 0.304 e. The lowest BCUT2D eigenvalue weighted by Crippen LogP contribution is -2.33. The quantitative estimate of drug-likeness (QED) is 0.847.